The standard InChI is InChI=1S/C25H22ClF3N2O3/c1-24(2)12-19-20(21(31-30-19)13-7-9-14(10-8-13)23(33)34-3)22(32)17(24)11-15-16(25(27,28)29)5-4-6-18(15)26/h4-10,17H,11-12H2,1-3H3,(H,30,31). The highest BCUT2D eigenvalue weighted by atomic mass is 35.5. The van der Waals surface area contributed by atoms with Gasteiger partial charge in [-0.15, -0.1) is 0 Å². The van der Waals surface area contributed by atoms with Crippen LogP contribution in [-0.4, -0.2) is 29.1 Å². The molecule has 5 nitrogen and oxygen atoms in total. The van der Waals surface area contributed by atoms with Crippen molar-refractivity contribution in [3.63, 3.8) is 0 Å². The maximum absolute atomic E-state index is 13.7. The summed E-state index contributed by atoms with van der Waals surface area (Å²) in [6.45, 7) is 3.71. The summed E-state index contributed by atoms with van der Waals surface area (Å²) < 4.78 is 45.7. The van der Waals surface area contributed by atoms with E-state index in [0.717, 1.165) is 6.07 Å². The topological polar surface area (TPSA) is 72.0 Å². The number of aromatic nitrogens is 2. The molecule has 3 aromatic rings. The average molecular weight is 491 g/mol. The molecule has 0 saturated carbocycles. The van der Waals surface area contributed by atoms with Gasteiger partial charge in [0.2, 0.25) is 0 Å². The molecular formula is C25H22ClF3N2O3. The van der Waals surface area contributed by atoms with Crippen molar-refractivity contribution in [1.29, 1.82) is 0 Å². The number of nitrogens with zero attached hydrogens (tertiary/aromatic N) is 1. The highest BCUT2D eigenvalue weighted by molar-refractivity contribution is 6.31. The molecule has 0 aliphatic heterocycles. The predicted molar refractivity (Wildman–Crippen MR) is 121 cm³/mol. The normalized spacial score (nSPS) is 17.4. The SMILES string of the molecule is COC(=O)c1ccc(-c2n[nH]c3c2C(=O)C(Cc2c(Cl)cccc2C(F)(F)F)C(C)(C)C3)cc1. The van der Waals surface area contributed by atoms with E-state index in [9.17, 15) is 22.8 Å². The van der Waals surface area contributed by atoms with Crippen molar-refractivity contribution in [2.45, 2.75) is 32.9 Å². The zero-order valence-electron chi connectivity index (χ0n) is 18.7. The summed E-state index contributed by atoms with van der Waals surface area (Å²) in [6, 6.07) is 10.1. The fourth-order valence-corrected chi connectivity index (χ4v) is 4.83. The molecule has 0 spiro atoms. The third-order valence-corrected chi connectivity index (χ3v) is 6.75. The highest BCUT2D eigenvalue weighted by Crippen LogP contribution is 2.45. The Morgan fingerprint density at radius 1 is 1.21 bits per heavy atom. The minimum atomic E-state index is -4.59. The van der Waals surface area contributed by atoms with E-state index in [1.807, 2.05) is 13.8 Å². The van der Waals surface area contributed by atoms with Gasteiger partial charge in [0.25, 0.3) is 0 Å². The third-order valence-electron chi connectivity index (χ3n) is 6.39. The number of methoxy groups -OCH3 is 1. The number of carbonyl (C=O) groups excluding carboxylic acids is 2. The number of aromatic amines is 1. The number of H-pyrrole nitrogens is 1. The molecule has 0 fully saturated rings. The number of alkyl halides is 3. The Kier molecular flexibility index (Phi) is 6.06. The van der Waals surface area contributed by atoms with Crippen molar-refractivity contribution in [2.24, 2.45) is 11.3 Å². The number of esters is 1. The van der Waals surface area contributed by atoms with Gasteiger partial charge in [-0.2, -0.15) is 18.3 Å². The van der Waals surface area contributed by atoms with Crippen LogP contribution in [0, 0.1) is 11.3 Å². The molecule has 34 heavy (non-hydrogen) atoms. The number of hydrogen-bond donors (Lipinski definition) is 1. The predicted octanol–water partition coefficient (Wildman–Crippen LogP) is 6.16. The molecule has 0 saturated heterocycles. The van der Waals surface area contributed by atoms with Gasteiger partial charge in [0, 0.05) is 22.2 Å². The number of Topliss-reactive ketones (excluding diaryl/α,β-unsaturated/α-hetero) is 1. The number of nitrogens with one attached hydrogen (secondary N) is 1. The van der Waals surface area contributed by atoms with E-state index in [2.05, 4.69) is 10.2 Å². The molecule has 4 rings (SSSR count). The zero-order valence-corrected chi connectivity index (χ0v) is 19.5. The molecule has 1 atom stereocenters. The van der Waals surface area contributed by atoms with Gasteiger partial charge in [-0.3, -0.25) is 9.89 Å². The van der Waals surface area contributed by atoms with E-state index < -0.39 is 29.0 Å². The smallest absolute Gasteiger partial charge is 0.416 e. The van der Waals surface area contributed by atoms with Crippen molar-refractivity contribution in [1.82, 2.24) is 10.2 Å². The molecule has 1 unspecified atom stereocenters. The number of ether oxygens (including phenoxy) is 1. The molecular weight excluding hydrogens is 469 g/mol. The number of rotatable bonds is 4. The molecule has 1 aliphatic carbocycles. The first-order valence-corrected chi connectivity index (χ1v) is 11.0. The number of fused-ring (bicyclic) bond motifs is 1. The summed E-state index contributed by atoms with van der Waals surface area (Å²) in [4.78, 5) is 25.4. The van der Waals surface area contributed by atoms with Crippen molar-refractivity contribution in [2.75, 3.05) is 7.11 Å². The second-order valence-electron chi connectivity index (χ2n) is 9.04. The van der Waals surface area contributed by atoms with E-state index in [1.54, 1.807) is 24.3 Å². The second kappa shape index (κ2) is 8.58. The first-order chi connectivity index (χ1) is 15.9. The Balaban J connectivity index is 1.75. The lowest BCUT2D eigenvalue weighted by Gasteiger charge is -2.37. The van der Waals surface area contributed by atoms with Crippen LogP contribution in [-0.2, 0) is 23.8 Å². The highest BCUT2D eigenvalue weighted by Gasteiger charge is 2.45. The molecule has 1 heterocycles. The quantitative estimate of drug-likeness (QED) is 0.445. The molecule has 0 radical (unpaired) electrons. The molecule has 2 aromatic carbocycles. The monoisotopic (exact) mass is 490 g/mol. The first kappa shape index (κ1) is 24.0. The fourth-order valence-electron chi connectivity index (χ4n) is 4.58. The molecule has 1 aromatic heterocycles. The van der Waals surface area contributed by atoms with E-state index in [0.29, 0.717) is 34.5 Å². The number of hydrogen-bond acceptors (Lipinski definition) is 4. The average Bonchev–Trinajstić information content (AvgIpc) is 3.19. The Hall–Kier alpha value is -3.13. The number of carbonyl (C=O) groups is 2. The van der Waals surface area contributed by atoms with E-state index >= 15 is 0 Å². The Bertz CT molecular complexity index is 1260. The number of halogens is 4. The van der Waals surface area contributed by atoms with Crippen LogP contribution in [0.25, 0.3) is 11.3 Å². The van der Waals surface area contributed by atoms with Crippen molar-refractivity contribution >= 4 is 23.4 Å². The molecule has 1 N–H and O–H groups in total. The van der Waals surface area contributed by atoms with E-state index in [-0.39, 0.29) is 22.8 Å². The van der Waals surface area contributed by atoms with Gasteiger partial charge in [0.15, 0.2) is 5.78 Å². The van der Waals surface area contributed by atoms with Crippen LogP contribution < -0.4 is 0 Å². The summed E-state index contributed by atoms with van der Waals surface area (Å²) >= 11 is 6.19. The van der Waals surface area contributed by atoms with E-state index in [1.165, 1.54) is 19.2 Å². The number of benzene rings is 2. The maximum atomic E-state index is 13.7. The fraction of sp³-hybridized carbons (Fsp3) is 0.320. The van der Waals surface area contributed by atoms with Gasteiger partial charge in [0.05, 0.1) is 23.8 Å². The van der Waals surface area contributed by atoms with Gasteiger partial charge in [-0.1, -0.05) is 43.6 Å². The Labute approximate surface area is 199 Å². The first-order valence-electron chi connectivity index (χ1n) is 10.6. The van der Waals surface area contributed by atoms with Crippen LogP contribution in [0.4, 0.5) is 13.2 Å². The molecule has 178 valence electrons. The van der Waals surface area contributed by atoms with Gasteiger partial charge in [0.1, 0.15) is 5.69 Å². The summed E-state index contributed by atoms with van der Waals surface area (Å²) in [5.74, 6) is -1.53. The summed E-state index contributed by atoms with van der Waals surface area (Å²) in [5, 5.41) is 7.23. The van der Waals surface area contributed by atoms with Crippen LogP contribution in [0.1, 0.15) is 51.4 Å². The molecule has 0 bridgehead atoms. The lowest BCUT2D eigenvalue weighted by Crippen LogP contribution is -2.39. The van der Waals surface area contributed by atoms with Crippen LogP contribution >= 0.6 is 11.6 Å². The van der Waals surface area contributed by atoms with Crippen LogP contribution in [0.15, 0.2) is 42.5 Å². The zero-order chi connectivity index (χ0) is 24.8. The van der Waals surface area contributed by atoms with Crippen LogP contribution in [0.2, 0.25) is 5.02 Å². The molecule has 0 amide bonds. The van der Waals surface area contributed by atoms with Gasteiger partial charge < -0.3 is 4.74 Å². The lowest BCUT2D eigenvalue weighted by atomic mass is 9.65. The Morgan fingerprint density at radius 3 is 2.50 bits per heavy atom. The summed E-state index contributed by atoms with van der Waals surface area (Å²) in [7, 11) is 1.28. The molecule has 1 aliphatic rings. The van der Waals surface area contributed by atoms with E-state index in [4.69, 9.17) is 16.3 Å². The third kappa shape index (κ3) is 4.22. The van der Waals surface area contributed by atoms with Gasteiger partial charge >= 0.3 is 12.1 Å². The van der Waals surface area contributed by atoms with Crippen molar-refractivity contribution < 1.29 is 27.5 Å². The van der Waals surface area contributed by atoms with Crippen molar-refractivity contribution in [3.05, 3.63) is 75.4 Å². The minimum Gasteiger partial charge on any atom is -0.465 e. The second-order valence-corrected chi connectivity index (χ2v) is 9.45. The Morgan fingerprint density at radius 2 is 1.88 bits per heavy atom. The summed E-state index contributed by atoms with van der Waals surface area (Å²) in [5.41, 5.74) is 0.783. The van der Waals surface area contributed by atoms with Gasteiger partial charge in [-0.05, 0) is 48.1 Å². The lowest BCUT2D eigenvalue weighted by molar-refractivity contribution is -0.138. The molecule has 9 heteroatoms. The largest absolute Gasteiger partial charge is 0.465 e. The van der Waals surface area contributed by atoms with Crippen LogP contribution in [0.5, 0.6) is 0 Å². The minimum absolute atomic E-state index is 0.0185. The number of ketones is 1. The maximum Gasteiger partial charge on any atom is 0.416 e. The van der Waals surface area contributed by atoms with Crippen molar-refractivity contribution in [3.8, 4) is 11.3 Å². The van der Waals surface area contributed by atoms with Crippen LogP contribution in [0.3, 0.4) is 0 Å². The summed E-state index contributed by atoms with van der Waals surface area (Å²) in [6.07, 6.45) is -4.31. The van der Waals surface area contributed by atoms with Gasteiger partial charge in [-0.25, -0.2) is 4.79 Å².